The van der Waals surface area contributed by atoms with E-state index in [4.69, 9.17) is 5.73 Å². The Bertz CT molecular complexity index is 535. The lowest BCUT2D eigenvalue weighted by Crippen LogP contribution is -2.40. The first-order chi connectivity index (χ1) is 8.96. The zero-order chi connectivity index (χ0) is 14.0. The largest absolute Gasteiger partial charge is 0.330 e. The summed E-state index contributed by atoms with van der Waals surface area (Å²) in [4.78, 5) is -0.860. The molecule has 106 valence electrons. The maximum Gasteiger partial charge on any atom is 0.248 e. The fourth-order valence-electron chi connectivity index (χ4n) is 2.24. The van der Waals surface area contributed by atoms with Gasteiger partial charge in [-0.2, -0.15) is 4.31 Å². The Labute approximate surface area is 111 Å². The van der Waals surface area contributed by atoms with Gasteiger partial charge >= 0.3 is 0 Å². The van der Waals surface area contributed by atoms with Gasteiger partial charge < -0.3 is 5.73 Å². The van der Waals surface area contributed by atoms with Crippen molar-refractivity contribution in [3.63, 3.8) is 0 Å². The second kappa shape index (κ2) is 5.52. The van der Waals surface area contributed by atoms with Gasteiger partial charge in [-0.15, -0.1) is 0 Å². The molecule has 0 unspecified atom stereocenters. The molecule has 0 spiro atoms. The molecule has 0 atom stereocenters. The van der Waals surface area contributed by atoms with Crippen LogP contribution in [0.25, 0.3) is 0 Å². The van der Waals surface area contributed by atoms with Gasteiger partial charge in [-0.3, -0.25) is 0 Å². The first-order valence-corrected chi connectivity index (χ1v) is 7.55. The van der Waals surface area contributed by atoms with Crippen LogP contribution >= 0.6 is 0 Å². The number of rotatable bonds is 3. The molecule has 0 saturated carbocycles. The van der Waals surface area contributed by atoms with Crippen molar-refractivity contribution in [3.05, 3.63) is 29.8 Å². The number of hydrogen-bond donors (Lipinski definition) is 1. The van der Waals surface area contributed by atoms with Crippen molar-refractivity contribution in [2.75, 3.05) is 19.6 Å². The smallest absolute Gasteiger partial charge is 0.248 e. The fraction of sp³-hybridized carbons (Fsp3) is 0.500. The van der Waals surface area contributed by atoms with Crippen molar-refractivity contribution in [1.82, 2.24) is 4.31 Å². The topological polar surface area (TPSA) is 63.4 Å². The number of halogens is 2. The fourth-order valence-corrected chi connectivity index (χ4v) is 3.82. The van der Waals surface area contributed by atoms with Gasteiger partial charge in [0.25, 0.3) is 0 Å². The van der Waals surface area contributed by atoms with Crippen molar-refractivity contribution < 1.29 is 17.2 Å². The van der Waals surface area contributed by atoms with Crippen LogP contribution in [0, 0.1) is 17.6 Å². The van der Waals surface area contributed by atoms with Crippen LogP contribution in [-0.4, -0.2) is 32.4 Å². The first kappa shape index (κ1) is 14.4. The van der Waals surface area contributed by atoms with Crippen LogP contribution in [0.4, 0.5) is 8.78 Å². The Balaban J connectivity index is 2.29. The number of benzene rings is 1. The van der Waals surface area contributed by atoms with Crippen LogP contribution < -0.4 is 5.73 Å². The molecule has 2 N–H and O–H groups in total. The third-order valence-corrected chi connectivity index (χ3v) is 5.37. The van der Waals surface area contributed by atoms with E-state index < -0.39 is 26.6 Å². The second-order valence-electron chi connectivity index (χ2n) is 4.63. The number of nitrogens with two attached hydrogens (primary N) is 1. The molecule has 1 aromatic rings. The molecular weight excluding hydrogens is 274 g/mol. The second-order valence-corrected chi connectivity index (χ2v) is 6.51. The molecule has 1 fully saturated rings. The summed E-state index contributed by atoms with van der Waals surface area (Å²) in [6.07, 6.45) is 1.23. The van der Waals surface area contributed by atoms with Crippen molar-refractivity contribution in [1.29, 1.82) is 0 Å². The predicted molar refractivity (Wildman–Crippen MR) is 66.9 cm³/mol. The summed E-state index contributed by atoms with van der Waals surface area (Å²) in [6.45, 7) is 0.998. The number of hydrogen-bond acceptors (Lipinski definition) is 3. The lowest BCUT2D eigenvalue weighted by Gasteiger charge is -2.30. The van der Waals surface area contributed by atoms with E-state index in [-0.39, 0.29) is 19.0 Å². The van der Waals surface area contributed by atoms with Crippen molar-refractivity contribution in [2.24, 2.45) is 11.7 Å². The SMILES string of the molecule is NCC1CCN(S(=O)(=O)c2c(F)cccc2F)CC1. The van der Waals surface area contributed by atoms with Crippen LogP contribution in [0.15, 0.2) is 23.1 Å². The van der Waals surface area contributed by atoms with Gasteiger partial charge in [-0.25, -0.2) is 17.2 Å². The highest BCUT2D eigenvalue weighted by molar-refractivity contribution is 7.89. The molecule has 1 aromatic carbocycles. The average Bonchev–Trinajstić information content (AvgIpc) is 2.38. The van der Waals surface area contributed by atoms with E-state index in [1.54, 1.807) is 0 Å². The summed E-state index contributed by atoms with van der Waals surface area (Å²) in [5.41, 5.74) is 5.53. The summed E-state index contributed by atoms with van der Waals surface area (Å²) in [7, 11) is -4.11. The van der Waals surface area contributed by atoms with Gasteiger partial charge in [0.2, 0.25) is 10.0 Å². The molecule has 2 rings (SSSR count). The number of nitrogens with zero attached hydrogens (tertiary/aromatic N) is 1. The number of piperidine rings is 1. The van der Waals surface area contributed by atoms with Crippen LogP contribution in [-0.2, 0) is 10.0 Å². The zero-order valence-corrected chi connectivity index (χ0v) is 11.2. The molecular formula is C12H16F2N2O2S. The van der Waals surface area contributed by atoms with Gasteiger partial charge in [0.1, 0.15) is 11.6 Å². The molecule has 19 heavy (non-hydrogen) atoms. The molecule has 1 saturated heterocycles. The highest BCUT2D eigenvalue weighted by Gasteiger charge is 2.33. The van der Waals surface area contributed by atoms with Gasteiger partial charge in [-0.1, -0.05) is 6.07 Å². The average molecular weight is 290 g/mol. The lowest BCUT2D eigenvalue weighted by atomic mass is 9.99. The Morgan fingerprint density at radius 2 is 1.74 bits per heavy atom. The van der Waals surface area contributed by atoms with E-state index in [9.17, 15) is 17.2 Å². The highest BCUT2D eigenvalue weighted by Crippen LogP contribution is 2.26. The van der Waals surface area contributed by atoms with E-state index in [1.165, 1.54) is 0 Å². The maximum atomic E-state index is 13.6. The van der Waals surface area contributed by atoms with Crippen LogP contribution in [0.1, 0.15) is 12.8 Å². The standard InChI is InChI=1S/C12H16F2N2O2S/c13-10-2-1-3-11(14)12(10)19(17,18)16-6-4-9(8-15)5-7-16/h1-3,9H,4-8,15H2. The minimum absolute atomic E-state index is 0.248. The molecule has 0 bridgehead atoms. The van der Waals surface area contributed by atoms with E-state index in [0.29, 0.717) is 19.4 Å². The molecule has 1 aliphatic heterocycles. The molecule has 4 nitrogen and oxygen atoms in total. The Morgan fingerprint density at radius 3 is 2.21 bits per heavy atom. The molecule has 1 aliphatic rings. The Kier molecular flexibility index (Phi) is 4.17. The highest BCUT2D eigenvalue weighted by atomic mass is 32.2. The monoisotopic (exact) mass is 290 g/mol. The van der Waals surface area contributed by atoms with Crippen molar-refractivity contribution in [3.8, 4) is 0 Å². The van der Waals surface area contributed by atoms with Gasteiger partial charge in [-0.05, 0) is 37.4 Å². The third kappa shape index (κ3) is 2.77. The zero-order valence-electron chi connectivity index (χ0n) is 10.4. The predicted octanol–water partition coefficient (Wildman–Crippen LogP) is 1.32. The first-order valence-electron chi connectivity index (χ1n) is 6.11. The van der Waals surface area contributed by atoms with Crippen LogP contribution in [0.2, 0.25) is 0 Å². The lowest BCUT2D eigenvalue weighted by molar-refractivity contribution is 0.277. The minimum atomic E-state index is -4.11. The van der Waals surface area contributed by atoms with E-state index in [0.717, 1.165) is 22.5 Å². The van der Waals surface area contributed by atoms with Gasteiger partial charge in [0.15, 0.2) is 4.90 Å². The quantitative estimate of drug-likeness (QED) is 0.913. The van der Waals surface area contributed by atoms with E-state index in [2.05, 4.69) is 0 Å². The van der Waals surface area contributed by atoms with Crippen LogP contribution in [0.5, 0.6) is 0 Å². The normalized spacial score (nSPS) is 18.7. The van der Waals surface area contributed by atoms with E-state index >= 15 is 0 Å². The Morgan fingerprint density at radius 1 is 1.21 bits per heavy atom. The third-order valence-electron chi connectivity index (χ3n) is 3.42. The summed E-state index contributed by atoms with van der Waals surface area (Å²) in [6, 6.07) is 3.04. The minimum Gasteiger partial charge on any atom is -0.330 e. The molecule has 0 aromatic heterocycles. The molecule has 7 heteroatoms. The molecule has 0 amide bonds. The Hall–Kier alpha value is -1.05. The summed E-state index contributed by atoms with van der Waals surface area (Å²) < 4.78 is 52.8. The summed E-state index contributed by atoms with van der Waals surface area (Å²) >= 11 is 0. The molecule has 0 aliphatic carbocycles. The number of sulfonamides is 1. The van der Waals surface area contributed by atoms with Crippen molar-refractivity contribution in [2.45, 2.75) is 17.7 Å². The van der Waals surface area contributed by atoms with E-state index in [1.807, 2.05) is 0 Å². The summed E-state index contributed by atoms with van der Waals surface area (Å²) in [5, 5.41) is 0. The van der Waals surface area contributed by atoms with Gasteiger partial charge in [0, 0.05) is 13.1 Å². The molecule has 0 radical (unpaired) electrons. The van der Waals surface area contributed by atoms with Gasteiger partial charge in [0.05, 0.1) is 0 Å². The maximum absolute atomic E-state index is 13.6. The van der Waals surface area contributed by atoms with Crippen LogP contribution in [0.3, 0.4) is 0 Å². The van der Waals surface area contributed by atoms with Crippen molar-refractivity contribution >= 4 is 10.0 Å². The molecule has 1 heterocycles. The summed E-state index contributed by atoms with van der Waals surface area (Å²) in [5.74, 6) is -1.83.